The van der Waals surface area contributed by atoms with Crippen LogP contribution in [0.4, 0.5) is 0 Å². The van der Waals surface area contributed by atoms with Crippen molar-refractivity contribution in [3.05, 3.63) is 28.8 Å². The van der Waals surface area contributed by atoms with Crippen molar-refractivity contribution in [1.82, 2.24) is 0 Å². The molecule has 1 heteroatoms. The third kappa shape index (κ3) is 14.4. The Morgan fingerprint density at radius 2 is 0.857 bits per heavy atom. The van der Waals surface area contributed by atoms with E-state index in [4.69, 9.17) is 0 Å². The van der Waals surface area contributed by atoms with Crippen LogP contribution in [0.15, 0.2) is 12.1 Å². The van der Waals surface area contributed by atoms with Crippen LogP contribution in [-0.4, -0.2) is 0 Å². The van der Waals surface area contributed by atoms with Gasteiger partial charge < -0.3 is 0 Å². The fourth-order valence-corrected chi connectivity index (χ4v) is 5.48. The molecule has 0 heterocycles. The van der Waals surface area contributed by atoms with Gasteiger partial charge in [-0.25, -0.2) is 0 Å². The molecule has 0 aliphatic rings. The van der Waals surface area contributed by atoms with Gasteiger partial charge in [-0.05, 0) is 43.1 Å². The molecular formula is C34H61O. The van der Waals surface area contributed by atoms with Gasteiger partial charge in [0, 0.05) is 11.1 Å². The van der Waals surface area contributed by atoms with Crippen LogP contribution in [-0.2, 0) is 11.5 Å². The van der Waals surface area contributed by atoms with Crippen LogP contribution in [0.2, 0.25) is 0 Å². The van der Waals surface area contributed by atoms with Crippen molar-refractivity contribution >= 4 is 0 Å². The van der Waals surface area contributed by atoms with E-state index >= 15 is 0 Å². The minimum absolute atomic E-state index is 0.365. The molecule has 1 aromatic rings. The minimum atomic E-state index is 0.365. The summed E-state index contributed by atoms with van der Waals surface area (Å²) in [5, 5.41) is 13.5. The lowest BCUT2D eigenvalue weighted by Crippen LogP contribution is -2.03. The molecule has 0 saturated heterocycles. The van der Waals surface area contributed by atoms with Crippen LogP contribution >= 0.6 is 0 Å². The Morgan fingerprint density at radius 3 is 1.23 bits per heavy atom. The highest BCUT2D eigenvalue weighted by Crippen LogP contribution is 2.39. The van der Waals surface area contributed by atoms with E-state index in [1.807, 2.05) is 0 Å². The molecule has 0 amide bonds. The van der Waals surface area contributed by atoms with E-state index in [1.54, 1.807) is 0 Å². The highest BCUT2D eigenvalue weighted by atomic mass is 16.3. The number of hydrogen-bond acceptors (Lipinski definition) is 0. The summed E-state index contributed by atoms with van der Waals surface area (Å²) in [6, 6.07) is 4.56. The van der Waals surface area contributed by atoms with E-state index in [9.17, 15) is 5.11 Å². The second kappa shape index (κ2) is 21.1. The Labute approximate surface area is 220 Å². The van der Waals surface area contributed by atoms with E-state index in [2.05, 4.69) is 46.8 Å². The standard InChI is InChI=1S/C34H61O/c1-6-9-12-14-16-18-20-22-24-29(4)32-27-31(26-11-8-3)28-33(34(32)35)30(5)25-23-21-19-17-15-13-10-7-2/h27-30H,6-26H2,1-5H3. The van der Waals surface area contributed by atoms with Gasteiger partial charge in [-0.1, -0.05) is 156 Å². The van der Waals surface area contributed by atoms with Crippen molar-refractivity contribution in [2.75, 3.05) is 0 Å². The number of benzene rings is 1. The molecule has 2 atom stereocenters. The fraction of sp³-hybridized carbons (Fsp3) is 0.824. The first kappa shape index (κ1) is 32.0. The Morgan fingerprint density at radius 1 is 0.514 bits per heavy atom. The van der Waals surface area contributed by atoms with Gasteiger partial charge in [-0.3, -0.25) is 5.11 Å². The Kier molecular flexibility index (Phi) is 19.4. The Hall–Kier alpha value is -0.980. The molecule has 0 aliphatic heterocycles. The zero-order valence-electron chi connectivity index (χ0n) is 24.6. The highest BCUT2D eigenvalue weighted by Gasteiger charge is 2.20. The van der Waals surface area contributed by atoms with Crippen LogP contribution in [0.3, 0.4) is 0 Å². The first-order valence-electron chi connectivity index (χ1n) is 15.9. The van der Waals surface area contributed by atoms with Crippen molar-refractivity contribution in [3.8, 4) is 5.75 Å². The lowest BCUT2D eigenvalue weighted by atomic mass is 9.85. The van der Waals surface area contributed by atoms with Crippen molar-refractivity contribution in [3.63, 3.8) is 0 Å². The first-order chi connectivity index (χ1) is 17.0. The minimum Gasteiger partial charge on any atom is -0.289 e. The van der Waals surface area contributed by atoms with Crippen molar-refractivity contribution in [2.24, 2.45) is 0 Å². The maximum Gasteiger partial charge on any atom is 0.185 e. The molecule has 203 valence electrons. The van der Waals surface area contributed by atoms with Gasteiger partial charge in [-0.2, -0.15) is 0 Å². The van der Waals surface area contributed by atoms with Gasteiger partial charge in [0.15, 0.2) is 5.75 Å². The summed E-state index contributed by atoms with van der Waals surface area (Å²) in [5.41, 5.74) is 3.63. The Balaban J connectivity index is 2.61. The van der Waals surface area contributed by atoms with Crippen LogP contribution in [0.5, 0.6) is 5.75 Å². The molecule has 0 aromatic heterocycles. The van der Waals surface area contributed by atoms with Crippen LogP contribution in [0.25, 0.3) is 0 Å². The van der Waals surface area contributed by atoms with Crippen molar-refractivity contribution in [1.29, 1.82) is 0 Å². The highest BCUT2D eigenvalue weighted by molar-refractivity contribution is 5.47. The normalized spacial score (nSPS) is 13.3. The summed E-state index contributed by atoms with van der Waals surface area (Å²) in [5.74, 6) is 1.14. The fourth-order valence-electron chi connectivity index (χ4n) is 5.48. The monoisotopic (exact) mass is 485 g/mol. The summed E-state index contributed by atoms with van der Waals surface area (Å²) >= 11 is 0. The third-order valence-electron chi connectivity index (χ3n) is 8.07. The Bertz CT molecular complexity index is 572. The van der Waals surface area contributed by atoms with Crippen LogP contribution in [0.1, 0.15) is 192 Å². The number of hydrogen-bond donors (Lipinski definition) is 0. The summed E-state index contributed by atoms with van der Waals surface area (Å²) in [7, 11) is 0. The van der Waals surface area contributed by atoms with Crippen LogP contribution in [0, 0.1) is 0 Å². The first-order valence-corrected chi connectivity index (χ1v) is 15.9. The second-order valence-electron chi connectivity index (χ2n) is 11.5. The average molecular weight is 486 g/mol. The zero-order valence-corrected chi connectivity index (χ0v) is 24.6. The SMILES string of the molecule is CCCCCCCCCCC(C)c1cc(CCCC)cc(C(C)CCCCCCCCCC)c1[O]. The largest absolute Gasteiger partial charge is 0.289 e. The molecule has 1 aromatic carbocycles. The summed E-state index contributed by atoms with van der Waals surface area (Å²) in [6.45, 7) is 11.4. The van der Waals surface area contributed by atoms with E-state index in [-0.39, 0.29) is 0 Å². The maximum absolute atomic E-state index is 13.5. The summed E-state index contributed by atoms with van der Waals surface area (Å²) in [6.07, 6.45) is 27.5. The van der Waals surface area contributed by atoms with Gasteiger partial charge in [0.05, 0.1) is 0 Å². The summed E-state index contributed by atoms with van der Waals surface area (Å²) in [4.78, 5) is 0. The quantitative estimate of drug-likeness (QED) is 0.137. The third-order valence-corrected chi connectivity index (χ3v) is 8.07. The summed E-state index contributed by atoms with van der Waals surface area (Å²) < 4.78 is 0. The number of unbranched alkanes of at least 4 members (excludes halogenated alkanes) is 15. The van der Waals surface area contributed by atoms with Gasteiger partial charge >= 0.3 is 0 Å². The molecule has 1 rings (SSSR count). The number of rotatable bonds is 23. The van der Waals surface area contributed by atoms with Gasteiger partial charge in [0.1, 0.15) is 0 Å². The predicted molar refractivity (Wildman–Crippen MR) is 156 cm³/mol. The van der Waals surface area contributed by atoms with Gasteiger partial charge in [-0.15, -0.1) is 0 Å². The molecule has 0 aliphatic carbocycles. The lowest BCUT2D eigenvalue weighted by molar-refractivity contribution is 0.337. The van der Waals surface area contributed by atoms with Gasteiger partial charge in [0.2, 0.25) is 0 Å². The lowest BCUT2D eigenvalue weighted by Gasteiger charge is -2.20. The van der Waals surface area contributed by atoms with E-state index < -0.39 is 0 Å². The second-order valence-corrected chi connectivity index (χ2v) is 11.5. The van der Waals surface area contributed by atoms with Gasteiger partial charge in [0.25, 0.3) is 0 Å². The van der Waals surface area contributed by atoms with Crippen molar-refractivity contribution in [2.45, 2.75) is 181 Å². The topological polar surface area (TPSA) is 19.9 Å². The molecule has 0 bridgehead atoms. The van der Waals surface area contributed by atoms with E-state index in [1.165, 1.54) is 121 Å². The van der Waals surface area contributed by atoms with E-state index in [0.717, 1.165) is 30.4 Å². The maximum atomic E-state index is 13.5. The molecule has 1 nitrogen and oxygen atoms in total. The number of aryl methyl sites for hydroxylation is 1. The molecule has 1 radical (unpaired) electrons. The smallest absolute Gasteiger partial charge is 0.185 e. The molecular weight excluding hydrogens is 424 g/mol. The zero-order chi connectivity index (χ0) is 25.7. The molecule has 2 unspecified atom stereocenters. The average Bonchev–Trinajstić information content (AvgIpc) is 2.86. The molecule has 0 N–H and O–H groups in total. The van der Waals surface area contributed by atoms with E-state index in [0.29, 0.717) is 17.6 Å². The van der Waals surface area contributed by atoms with Crippen molar-refractivity contribution < 1.29 is 5.11 Å². The molecule has 0 fully saturated rings. The van der Waals surface area contributed by atoms with Crippen LogP contribution < -0.4 is 0 Å². The predicted octanol–water partition coefficient (Wildman–Crippen LogP) is 12.4. The molecule has 35 heavy (non-hydrogen) atoms. The molecule has 0 spiro atoms. The molecule has 0 saturated carbocycles.